The first-order valence-electron chi connectivity index (χ1n) is 8.82. The summed E-state index contributed by atoms with van der Waals surface area (Å²) in [5, 5.41) is 25.4. The van der Waals surface area contributed by atoms with Gasteiger partial charge >= 0.3 is 17.9 Å². The van der Waals surface area contributed by atoms with Gasteiger partial charge < -0.3 is 20.1 Å². The van der Waals surface area contributed by atoms with Crippen LogP contribution in [-0.2, 0) is 19.1 Å². The number of aliphatic hydroxyl groups excluding tert-OH is 1. The quantitative estimate of drug-likeness (QED) is 0.312. The monoisotopic (exact) mass is 402 g/mol. The summed E-state index contributed by atoms with van der Waals surface area (Å²) in [5.41, 5.74) is 1.63. The number of carbonyl (C=O) groups is 3. The molecule has 0 unspecified atom stereocenters. The SMILES string of the molecule is C=C(CC=CC(=O)O)C(=O)OCCO.CCC(=CC=Cc1ccccc1)C(=O)O. The van der Waals surface area contributed by atoms with Crippen LogP contribution in [0.1, 0.15) is 25.3 Å². The van der Waals surface area contributed by atoms with Crippen molar-refractivity contribution in [3.63, 3.8) is 0 Å². The third-order valence-corrected chi connectivity index (χ3v) is 3.28. The Bertz CT molecular complexity index is 759. The molecule has 0 amide bonds. The number of allylic oxidation sites excluding steroid dienone is 3. The van der Waals surface area contributed by atoms with E-state index in [9.17, 15) is 14.4 Å². The summed E-state index contributed by atoms with van der Waals surface area (Å²) in [4.78, 5) is 31.7. The number of ether oxygens (including phenoxy) is 1. The smallest absolute Gasteiger partial charge is 0.333 e. The molecule has 1 rings (SSSR count). The largest absolute Gasteiger partial charge is 0.478 e. The Morgan fingerprint density at radius 1 is 1.14 bits per heavy atom. The highest BCUT2D eigenvalue weighted by Gasteiger charge is 2.05. The van der Waals surface area contributed by atoms with Crippen molar-refractivity contribution in [2.24, 2.45) is 0 Å². The molecule has 1 aromatic carbocycles. The summed E-state index contributed by atoms with van der Waals surface area (Å²) >= 11 is 0. The van der Waals surface area contributed by atoms with Crippen LogP contribution in [0.15, 0.2) is 72.4 Å². The third-order valence-electron chi connectivity index (χ3n) is 3.28. The second-order valence-corrected chi connectivity index (χ2v) is 5.53. The Hall–Kier alpha value is -3.45. The van der Waals surface area contributed by atoms with Crippen molar-refractivity contribution in [1.29, 1.82) is 0 Å². The van der Waals surface area contributed by atoms with E-state index in [1.54, 1.807) is 12.2 Å². The number of carboxylic acids is 2. The molecular weight excluding hydrogens is 376 g/mol. The molecule has 0 aliphatic heterocycles. The molecule has 7 nitrogen and oxygen atoms in total. The van der Waals surface area contributed by atoms with Gasteiger partial charge in [-0.05, 0) is 18.4 Å². The number of carbonyl (C=O) groups excluding carboxylic acids is 1. The lowest BCUT2D eigenvalue weighted by Gasteiger charge is -2.02. The Balaban J connectivity index is 0.000000543. The molecule has 0 radical (unpaired) electrons. The molecule has 0 aliphatic carbocycles. The number of rotatable bonds is 10. The van der Waals surface area contributed by atoms with E-state index < -0.39 is 17.9 Å². The fourth-order valence-electron chi connectivity index (χ4n) is 1.81. The van der Waals surface area contributed by atoms with Gasteiger partial charge in [0.05, 0.1) is 6.61 Å². The fourth-order valence-corrected chi connectivity index (χ4v) is 1.81. The number of carboxylic acid groups (broad SMARTS) is 2. The number of esters is 1. The molecule has 0 spiro atoms. The molecular formula is C22H26O7. The van der Waals surface area contributed by atoms with E-state index in [-0.39, 0.29) is 25.2 Å². The van der Waals surface area contributed by atoms with E-state index in [1.165, 1.54) is 6.08 Å². The Kier molecular flexibility index (Phi) is 13.7. The zero-order valence-electron chi connectivity index (χ0n) is 16.3. The molecule has 3 N–H and O–H groups in total. The van der Waals surface area contributed by atoms with Crippen molar-refractivity contribution >= 4 is 24.0 Å². The fraction of sp³-hybridized carbons (Fsp3) is 0.227. The second kappa shape index (κ2) is 15.6. The first-order valence-corrected chi connectivity index (χ1v) is 8.82. The summed E-state index contributed by atoms with van der Waals surface area (Å²) in [6.07, 6.45) is 8.16. The molecule has 0 aliphatic rings. The van der Waals surface area contributed by atoms with Gasteiger partial charge in [-0.1, -0.05) is 68.1 Å². The Morgan fingerprint density at radius 2 is 1.79 bits per heavy atom. The van der Waals surface area contributed by atoms with Crippen molar-refractivity contribution < 1.29 is 34.4 Å². The van der Waals surface area contributed by atoms with Gasteiger partial charge in [0, 0.05) is 17.2 Å². The lowest BCUT2D eigenvalue weighted by Crippen LogP contribution is -2.09. The van der Waals surface area contributed by atoms with E-state index >= 15 is 0 Å². The van der Waals surface area contributed by atoms with Crippen LogP contribution >= 0.6 is 0 Å². The van der Waals surface area contributed by atoms with Crippen LogP contribution < -0.4 is 0 Å². The number of aliphatic hydroxyl groups is 1. The van der Waals surface area contributed by atoms with Crippen molar-refractivity contribution in [2.75, 3.05) is 13.2 Å². The minimum atomic E-state index is -1.08. The lowest BCUT2D eigenvalue weighted by atomic mass is 10.1. The average molecular weight is 402 g/mol. The van der Waals surface area contributed by atoms with Crippen LogP contribution in [0, 0.1) is 0 Å². The molecule has 0 heterocycles. The van der Waals surface area contributed by atoms with E-state index in [4.69, 9.17) is 15.3 Å². The van der Waals surface area contributed by atoms with Gasteiger partial charge in [-0.25, -0.2) is 14.4 Å². The maximum absolute atomic E-state index is 11.0. The zero-order chi connectivity index (χ0) is 22.1. The number of hydrogen-bond donors (Lipinski definition) is 3. The normalized spacial score (nSPS) is 11.0. The van der Waals surface area contributed by atoms with Crippen LogP contribution in [-0.4, -0.2) is 46.4 Å². The predicted molar refractivity (Wildman–Crippen MR) is 110 cm³/mol. The van der Waals surface area contributed by atoms with Gasteiger partial charge in [-0.15, -0.1) is 0 Å². The average Bonchev–Trinajstić information content (AvgIpc) is 2.70. The van der Waals surface area contributed by atoms with E-state index in [0.717, 1.165) is 11.6 Å². The predicted octanol–water partition coefficient (Wildman–Crippen LogP) is 3.23. The second-order valence-electron chi connectivity index (χ2n) is 5.53. The molecule has 156 valence electrons. The van der Waals surface area contributed by atoms with Crippen LogP contribution in [0.25, 0.3) is 6.08 Å². The first kappa shape index (κ1) is 25.6. The van der Waals surface area contributed by atoms with Crippen molar-refractivity contribution in [1.82, 2.24) is 0 Å². The molecule has 0 bridgehead atoms. The van der Waals surface area contributed by atoms with E-state index in [1.807, 2.05) is 43.3 Å². The standard InChI is InChI=1S/C13H14O2.C9H12O5/c1-2-12(13(14)15)10-6-9-11-7-4-3-5-8-11;1-7(3-2-4-8(11)12)9(13)14-6-5-10/h3-10H,2H2,1H3,(H,14,15);2,4,10H,1,3,5-6H2,(H,11,12). The van der Waals surface area contributed by atoms with E-state index in [2.05, 4.69) is 11.3 Å². The summed E-state index contributed by atoms with van der Waals surface area (Å²) in [7, 11) is 0. The molecule has 0 saturated carbocycles. The highest BCUT2D eigenvalue weighted by molar-refractivity contribution is 5.88. The van der Waals surface area contributed by atoms with Gasteiger partial charge in [-0.2, -0.15) is 0 Å². The molecule has 7 heteroatoms. The van der Waals surface area contributed by atoms with Crippen molar-refractivity contribution in [2.45, 2.75) is 19.8 Å². The molecule has 0 saturated heterocycles. The zero-order valence-corrected chi connectivity index (χ0v) is 16.3. The molecule has 1 aromatic rings. The summed E-state index contributed by atoms with van der Waals surface area (Å²) in [6, 6.07) is 9.78. The third kappa shape index (κ3) is 13.4. The van der Waals surface area contributed by atoms with Gasteiger partial charge in [0.1, 0.15) is 6.61 Å². The van der Waals surface area contributed by atoms with E-state index in [0.29, 0.717) is 12.0 Å². The summed E-state index contributed by atoms with van der Waals surface area (Å²) in [6.45, 7) is 4.90. The number of aliphatic carboxylic acids is 2. The first-order chi connectivity index (χ1) is 13.8. The Labute approximate surface area is 169 Å². The summed E-state index contributed by atoms with van der Waals surface area (Å²) in [5.74, 6) is -2.56. The van der Waals surface area contributed by atoms with Crippen molar-refractivity contribution in [3.05, 3.63) is 77.9 Å². The van der Waals surface area contributed by atoms with Gasteiger partial charge in [0.2, 0.25) is 0 Å². The van der Waals surface area contributed by atoms with Crippen LogP contribution in [0.2, 0.25) is 0 Å². The van der Waals surface area contributed by atoms with Crippen LogP contribution in [0.3, 0.4) is 0 Å². The molecule has 0 fully saturated rings. The topological polar surface area (TPSA) is 121 Å². The molecule has 0 atom stereocenters. The molecule has 0 aromatic heterocycles. The highest BCUT2D eigenvalue weighted by Crippen LogP contribution is 2.04. The lowest BCUT2D eigenvalue weighted by molar-refractivity contribution is -0.140. The number of hydrogen-bond acceptors (Lipinski definition) is 5. The maximum atomic E-state index is 11.0. The van der Waals surface area contributed by atoms with Gasteiger partial charge in [0.25, 0.3) is 0 Å². The Morgan fingerprint density at radius 3 is 2.31 bits per heavy atom. The molecule has 29 heavy (non-hydrogen) atoms. The van der Waals surface area contributed by atoms with Crippen LogP contribution in [0.4, 0.5) is 0 Å². The maximum Gasteiger partial charge on any atom is 0.333 e. The summed E-state index contributed by atoms with van der Waals surface area (Å²) < 4.78 is 4.54. The van der Waals surface area contributed by atoms with Crippen LogP contribution in [0.5, 0.6) is 0 Å². The highest BCUT2D eigenvalue weighted by atomic mass is 16.5. The van der Waals surface area contributed by atoms with Gasteiger partial charge in [0.15, 0.2) is 0 Å². The van der Waals surface area contributed by atoms with Crippen molar-refractivity contribution in [3.8, 4) is 0 Å². The number of benzene rings is 1. The van der Waals surface area contributed by atoms with Gasteiger partial charge in [-0.3, -0.25) is 0 Å². The minimum Gasteiger partial charge on any atom is -0.478 e. The minimum absolute atomic E-state index is 0.0828.